The van der Waals surface area contributed by atoms with Gasteiger partial charge >= 0.3 is 5.97 Å². The number of carboxylic acid groups (broad SMARTS) is 1. The lowest BCUT2D eigenvalue weighted by Crippen LogP contribution is -2.33. The van der Waals surface area contributed by atoms with Crippen LogP contribution in [-0.4, -0.2) is 32.9 Å². The molecular weight excluding hydrogens is 270 g/mol. The maximum Gasteiger partial charge on any atom is 0.308 e. The highest BCUT2D eigenvalue weighted by molar-refractivity contribution is 5.94. The van der Waals surface area contributed by atoms with Crippen molar-refractivity contribution in [2.75, 3.05) is 6.54 Å². The van der Waals surface area contributed by atoms with E-state index < -0.39 is 11.9 Å². The molecule has 0 radical (unpaired) electrons. The predicted molar refractivity (Wildman–Crippen MR) is 78.1 cm³/mol. The van der Waals surface area contributed by atoms with Crippen LogP contribution in [0.3, 0.4) is 0 Å². The number of aliphatic carboxylic acids is 1. The van der Waals surface area contributed by atoms with Gasteiger partial charge in [0.1, 0.15) is 5.65 Å². The van der Waals surface area contributed by atoms with Crippen LogP contribution in [0.4, 0.5) is 0 Å². The van der Waals surface area contributed by atoms with E-state index in [4.69, 9.17) is 5.11 Å². The second-order valence-corrected chi connectivity index (χ2v) is 5.49. The van der Waals surface area contributed by atoms with Gasteiger partial charge in [0.05, 0.1) is 11.5 Å². The number of imidazole rings is 1. The molecule has 0 saturated carbocycles. The molecule has 0 saturated heterocycles. The summed E-state index contributed by atoms with van der Waals surface area (Å²) in [6.45, 7) is 4.06. The van der Waals surface area contributed by atoms with E-state index in [1.807, 2.05) is 13.8 Å². The number of carbonyl (C=O) groups excluding carboxylic acids is 1. The maximum atomic E-state index is 12.1. The van der Waals surface area contributed by atoms with Gasteiger partial charge in [-0.05, 0) is 24.5 Å². The van der Waals surface area contributed by atoms with Gasteiger partial charge in [0.2, 0.25) is 0 Å². The molecule has 112 valence electrons. The predicted octanol–water partition coefficient (Wildman–Crippen LogP) is 1.81. The minimum absolute atomic E-state index is 0.133. The molecule has 0 aliphatic carbocycles. The summed E-state index contributed by atoms with van der Waals surface area (Å²) in [5.41, 5.74) is 1.24. The topological polar surface area (TPSA) is 83.7 Å². The number of carbonyl (C=O) groups is 2. The molecular formula is C15H19N3O3. The van der Waals surface area contributed by atoms with Crippen molar-refractivity contribution in [3.05, 3.63) is 36.3 Å². The monoisotopic (exact) mass is 289 g/mol. The van der Waals surface area contributed by atoms with Crippen LogP contribution in [0.5, 0.6) is 0 Å². The Labute approximate surface area is 122 Å². The van der Waals surface area contributed by atoms with Gasteiger partial charge in [-0.3, -0.25) is 9.59 Å². The van der Waals surface area contributed by atoms with Gasteiger partial charge < -0.3 is 14.8 Å². The fraction of sp³-hybridized carbons (Fsp3) is 0.400. The van der Waals surface area contributed by atoms with Crippen molar-refractivity contribution in [2.45, 2.75) is 20.3 Å². The third-order valence-corrected chi connectivity index (χ3v) is 3.27. The summed E-state index contributed by atoms with van der Waals surface area (Å²) in [7, 11) is 0. The second kappa shape index (κ2) is 6.39. The number of rotatable bonds is 6. The summed E-state index contributed by atoms with van der Waals surface area (Å²) in [5, 5.41) is 11.8. The molecule has 2 heterocycles. The van der Waals surface area contributed by atoms with E-state index in [-0.39, 0.29) is 18.4 Å². The van der Waals surface area contributed by atoms with Crippen LogP contribution >= 0.6 is 0 Å². The Morgan fingerprint density at radius 3 is 2.81 bits per heavy atom. The summed E-state index contributed by atoms with van der Waals surface area (Å²) in [6, 6.07) is 3.42. The minimum Gasteiger partial charge on any atom is -0.481 e. The number of fused-ring (bicyclic) bond motifs is 1. The van der Waals surface area contributed by atoms with Gasteiger partial charge in [0.15, 0.2) is 0 Å². The Balaban J connectivity index is 2.01. The Kier molecular flexibility index (Phi) is 4.57. The van der Waals surface area contributed by atoms with E-state index in [0.29, 0.717) is 12.0 Å². The van der Waals surface area contributed by atoms with Gasteiger partial charge in [0, 0.05) is 25.1 Å². The highest BCUT2D eigenvalue weighted by Crippen LogP contribution is 2.11. The third-order valence-electron chi connectivity index (χ3n) is 3.27. The molecule has 0 aromatic carbocycles. The molecule has 0 aliphatic rings. The Hall–Kier alpha value is -2.37. The molecule has 2 N–H and O–H groups in total. The first-order valence-corrected chi connectivity index (χ1v) is 6.91. The quantitative estimate of drug-likeness (QED) is 0.849. The molecule has 0 aliphatic heterocycles. The first kappa shape index (κ1) is 15.0. The molecule has 2 aromatic rings. The smallest absolute Gasteiger partial charge is 0.308 e. The summed E-state index contributed by atoms with van der Waals surface area (Å²) >= 11 is 0. The van der Waals surface area contributed by atoms with Crippen LogP contribution < -0.4 is 5.32 Å². The van der Waals surface area contributed by atoms with Crippen LogP contribution in [0, 0.1) is 11.8 Å². The number of hydrogen-bond acceptors (Lipinski definition) is 3. The highest BCUT2D eigenvalue weighted by Gasteiger charge is 2.20. The van der Waals surface area contributed by atoms with E-state index >= 15 is 0 Å². The molecule has 1 atom stereocenters. The zero-order valence-corrected chi connectivity index (χ0v) is 12.1. The van der Waals surface area contributed by atoms with Gasteiger partial charge in [-0.1, -0.05) is 13.8 Å². The molecule has 0 spiro atoms. The van der Waals surface area contributed by atoms with Gasteiger partial charge in [-0.2, -0.15) is 0 Å². The third kappa shape index (κ3) is 3.81. The molecule has 1 amide bonds. The van der Waals surface area contributed by atoms with Crippen molar-refractivity contribution >= 4 is 17.5 Å². The second-order valence-electron chi connectivity index (χ2n) is 5.49. The van der Waals surface area contributed by atoms with Gasteiger partial charge in [-0.25, -0.2) is 4.98 Å². The van der Waals surface area contributed by atoms with Crippen LogP contribution in [0.1, 0.15) is 30.6 Å². The normalized spacial score (nSPS) is 12.5. The lowest BCUT2D eigenvalue weighted by molar-refractivity contribution is -0.142. The van der Waals surface area contributed by atoms with E-state index in [2.05, 4.69) is 10.3 Å². The highest BCUT2D eigenvalue weighted by atomic mass is 16.4. The minimum atomic E-state index is -0.880. The maximum absolute atomic E-state index is 12.1. The molecule has 21 heavy (non-hydrogen) atoms. The number of pyridine rings is 1. The summed E-state index contributed by atoms with van der Waals surface area (Å²) in [6.07, 6.45) is 5.62. The Morgan fingerprint density at radius 2 is 2.14 bits per heavy atom. The SMILES string of the molecule is CC(C)CC(CNC(=O)c1ccc2nccn2c1)C(=O)O. The fourth-order valence-corrected chi connectivity index (χ4v) is 2.21. The zero-order chi connectivity index (χ0) is 15.4. The molecule has 6 nitrogen and oxygen atoms in total. The summed E-state index contributed by atoms with van der Waals surface area (Å²) in [5.74, 6) is -1.45. The van der Waals surface area contributed by atoms with Crippen molar-refractivity contribution in [3.8, 4) is 0 Å². The first-order chi connectivity index (χ1) is 9.97. The molecule has 0 fully saturated rings. The molecule has 2 aromatic heterocycles. The van der Waals surface area contributed by atoms with E-state index in [0.717, 1.165) is 5.65 Å². The van der Waals surface area contributed by atoms with Crippen molar-refractivity contribution in [1.29, 1.82) is 0 Å². The number of amides is 1. The number of nitrogens with one attached hydrogen (secondary N) is 1. The average Bonchev–Trinajstić information content (AvgIpc) is 2.89. The van der Waals surface area contributed by atoms with Crippen LogP contribution in [0.15, 0.2) is 30.7 Å². The van der Waals surface area contributed by atoms with Crippen molar-refractivity contribution < 1.29 is 14.7 Å². The zero-order valence-electron chi connectivity index (χ0n) is 12.1. The molecule has 2 rings (SSSR count). The van der Waals surface area contributed by atoms with Crippen molar-refractivity contribution in [1.82, 2.24) is 14.7 Å². The van der Waals surface area contributed by atoms with Crippen molar-refractivity contribution in [3.63, 3.8) is 0 Å². The number of nitrogens with zero attached hydrogens (tertiary/aromatic N) is 2. The van der Waals surface area contributed by atoms with Crippen molar-refractivity contribution in [2.24, 2.45) is 11.8 Å². The summed E-state index contributed by atoms with van der Waals surface area (Å²) in [4.78, 5) is 27.3. The lowest BCUT2D eigenvalue weighted by atomic mass is 9.97. The fourth-order valence-electron chi connectivity index (χ4n) is 2.21. The first-order valence-electron chi connectivity index (χ1n) is 6.91. The van der Waals surface area contributed by atoms with Gasteiger partial charge in [0.25, 0.3) is 5.91 Å². The number of aromatic nitrogens is 2. The molecule has 6 heteroatoms. The summed E-state index contributed by atoms with van der Waals surface area (Å²) < 4.78 is 1.75. The molecule has 0 bridgehead atoms. The van der Waals surface area contributed by atoms with Crippen LogP contribution in [0.25, 0.3) is 5.65 Å². The van der Waals surface area contributed by atoms with E-state index in [1.165, 1.54) is 0 Å². The Bertz CT molecular complexity index is 648. The largest absolute Gasteiger partial charge is 0.481 e. The number of hydrogen-bond donors (Lipinski definition) is 2. The number of carboxylic acids is 1. The van der Waals surface area contributed by atoms with E-state index in [9.17, 15) is 9.59 Å². The average molecular weight is 289 g/mol. The van der Waals surface area contributed by atoms with Crippen LogP contribution in [0.2, 0.25) is 0 Å². The van der Waals surface area contributed by atoms with Gasteiger partial charge in [-0.15, -0.1) is 0 Å². The lowest BCUT2D eigenvalue weighted by Gasteiger charge is -2.15. The standard InChI is InChI=1S/C15H19N3O3/c1-10(2)7-12(15(20)21)8-17-14(19)11-3-4-13-16-5-6-18(13)9-11/h3-6,9-10,12H,7-8H2,1-2H3,(H,17,19)(H,20,21). The van der Waals surface area contributed by atoms with E-state index in [1.54, 1.807) is 35.1 Å². The Morgan fingerprint density at radius 1 is 1.38 bits per heavy atom. The molecule has 1 unspecified atom stereocenters. The van der Waals surface area contributed by atoms with Crippen LogP contribution in [-0.2, 0) is 4.79 Å².